The second-order valence-electron chi connectivity index (χ2n) is 2.72. The van der Waals surface area contributed by atoms with Gasteiger partial charge in [0.2, 0.25) is 0 Å². The number of aliphatic carboxylic acids is 1. The number of nitrogens with two attached hydrogens (primary N) is 1. The molecule has 3 N–H and O–H groups in total. The van der Waals surface area contributed by atoms with E-state index >= 15 is 0 Å². The van der Waals surface area contributed by atoms with E-state index in [0.29, 0.717) is 0 Å². The van der Waals surface area contributed by atoms with Crippen molar-refractivity contribution in [2.75, 3.05) is 19.6 Å². The first-order valence-electron chi connectivity index (χ1n) is 4.34. The quantitative estimate of drug-likeness (QED) is 0.600. The van der Waals surface area contributed by atoms with Gasteiger partial charge < -0.3 is 10.8 Å². The van der Waals surface area contributed by atoms with Gasteiger partial charge in [0.25, 0.3) is 0 Å². The molecule has 0 aliphatic heterocycles. The maximum atomic E-state index is 10.7. The molecule has 1 unspecified atom stereocenters. The monoisotopic (exact) mass is 174 g/mol. The number of nitrogens with zero attached hydrogens (tertiary/aromatic N) is 1. The van der Waals surface area contributed by atoms with Gasteiger partial charge in [-0.2, -0.15) is 0 Å². The Hall–Kier alpha value is -0.610. The molecule has 0 rings (SSSR count). The van der Waals surface area contributed by atoms with Crippen molar-refractivity contribution in [3.63, 3.8) is 0 Å². The van der Waals surface area contributed by atoms with E-state index in [4.69, 9.17) is 10.8 Å². The van der Waals surface area contributed by atoms with Crippen molar-refractivity contribution in [1.29, 1.82) is 0 Å². The Kier molecular flexibility index (Phi) is 5.66. The van der Waals surface area contributed by atoms with Crippen molar-refractivity contribution in [3.05, 3.63) is 0 Å². The standard InChI is InChI=1S/C8H18N2O2/c1-3-5-10(4-2)7(6-9)8(11)12/h7H,3-6,9H2,1-2H3,(H,11,12). The van der Waals surface area contributed by atoms with E-state index in [1.165, 1.54) is 0 Å². The van der Waals surface area contributed by atoms with Crippen LogP contribution in [0.15, 0.2) is 0 Å². The molecule has 0 spiro atoms. The summed E-state index contributed by atoms with van der Waals surface area (Å²) in [5, 5.41) is 8.78. The average Bonchev–Trinajstić information content (AvgIpc) is 2.03. The summed E-state index contributed by atoms with van der Waals surface area (Å²) in [5.74, 6) is -0.826. The molecule has 0 radical (unpaired) electrons. The Bertz CT molecular complexity index is 139. The zero-order chi connectivity index (χ0) is 9.56. The fraction of sp³-hybridized carbons (Fsp3) is 0.875. The van der Waals surface area contributed by atoms with Gasteiger partial charge in [0, 0.05) is 6.54 Å². The molecule has 1 atom stereocenters. The molecule has 0 aromatic heterocycles. The third-order valence-corrected chi connectivity index (χ3v) is 1.87. The van der Waals surface area contributed by atoms with Crippen molar-refractivity contribution in [1.82, 2.24) is 4.90 Å². The van der Waals surface area contributed by atoms with E-state index in [1.807, 2.05) is 18.7 Å². The number of carbonyl (C=O) groups is 1. The van der Waals surface area contributed by atoms with E-state index in [9.17, 15) is 4.79 Å². The van der Waals surface area contributed by atoms with Crippen LogP contribution in [-0.4, -0.2) is 41.7 Å². The zero-order valence-corrected chi connectivity index (χ0v) is 7.79. The van der Waals surface area contributed by atoms with Crippen LogP contribution < -0.4 is 5.73 Å². The number of likely N-dealkylation sites (N-methyl/N-ethyl adjacent to an activating group) is 1. The maximum Gasteiger partial charge on any atom is 0.322 e. The summed E-state index contributed by atoms with van der Waals surface area (Å²) in [6.45, 7) is 5.69. The molecule has 4 nitrogen and oxygen atoms in total. The summed E-state index contributed by atoms with van der Waals surface area (Å²) in [5.41, 5.74) is 5.36. The topological polar surface area (TPSA) is 66.6 Å². The van der Waals surface area contributed by atoms with Crippen molar-refractivity contribution >= 4 is 5.97 Å². The first-order chi connectivity index (χ1) is 5.67. The lowest BCUT2D eigenvalue weighted by molar-refractivity contribution is -0.142. The van der Waals surface area contributed by atoms with E-state index in [0.717, 1.165) is 19.5 Å². The van der Waals surface area contributed by atoms with Crippen LogP contribution in [0.5, 0.6) is 0 Å². The number of hydrogen-bond acceptors (Lipinski definition) is 3. The Morgan fingerprint density at radius 3 is 2.42 bits per heavy atom. The first kappa shape index (κ1) is 11.4. The molecule has 0 aliphatic carbocycles. The molecule has 72 valence electrons. The third-order valence-electron chi connectivity index (χ3n) is 1.87. The van der Waals surface area contributed by atoms with E-state index in [-0.39, 0.29) is 6.54 Å². The van der Waals surface area contributed by atoms with Crippen molar-refractivity contribution in [2.45, 2.75) is 26.3 Å². The first-order valence-corrected chi connectivity index (χ1v) is 4.34. The van der Waals surface area contributed by atoms with Gasteiger partial charge in [-0.3, -0.25) is 9.69 Å². The van der Waals surface area contributed by atoms with Crippen LogP contribution in [0.3, 0.4) is 0 Å². The Labute approximate surface area is 73.3 Å². The molecule has 4 heteroatoms. The molecule has 0 saturated heterocycles. The highest BCUT2D eigenvalue weighted by atomic mass is 16.4. The number of carboxylic acids is 1. The number of rotatable bonds is 6. The molecule has 0 heterocycles. The van der Waals surface area contributed by atoms with Crippen LogP contribution in [0, 0.1) is 0 Å². The molecular weight excluding hydrogens is 156 g/mol. The van der Waals surface area contributed by atoms with E-state index < -0.39 is 12.0 Å². The zero-order valence-electron chi connectivity index (χ0n) is 7.79. The fourth-order valence-electron chi connectivity index (χ4n) is 1.23. The number of carboxylic acid groups (broad SMARTS) is 1. The highest BCUT2D eigenvalue weighted by molar-refractivity contribution is 5.73. The Morgan fingerprint density at radius 1 is 1.58 bits per heavy atom. The summed E-state index contributed by atoms with van der Waals surface area (Å²) in [6, 6.07) is -0.519. The summed E-state index contributed by atoms with van der Waals surface area (Å²) in [4.78, 5) is 12.6. The molecule has 0 aromatic rings. The highest BCUT2D eigenvalue weighted by Crippen LogP contribution is 1.99. The molecule has 0 aromatic carbocycles. The van der Waals surface area contributed by atoms with Crippen molar-refractivity contribution < 1.29 is 9.90 Å². The normalized spacial score (nSPS) is 13.3. The molecule has 0 bridgehead atoms. The predicted octanol–water partition coefficient (Wildman–Crippen LogP) is 0.130. The van der Waals surface area contributed by atoms with Gasteiger partial charge in [0.1, 0.15) is 6.04 Å². The average molecular weight is 174 g/mol. The van der Waals surface area contributed by atoms with Gasteiger partial charge in [-0.05, 0) is 19.5 Å². The summed E-state index contributed by atoms with van der Waals surface area (Å²) < 4.78 is 0. The maximum absolute atomic E-state index is 10.7. The van der Waals surface area contributed by atoms with Crippen LogP contribution in [0.4, 0.5) is 0 Å². The summed E-state index contributed by atoms with van der Waals surface area (Å²) >= 11 is 0. The summed E-state index contributed by atoms with van der Waals surface area (Å²) in [6.07, 6.45) is 0.956. The second-order valence-corrected chi connectivity index (χ2v) is 2.72. The molecule has 0 fully saturated rings. The smallest absolute Gasteiger partial charge is 0.322 e. The lowest BCUT2D eigenvalue weighted by Crippen LogP contribution is -2.46. The second kappa shape index (κ2) is 5.97. The molecule has 12 heavy (non-hydrogen) atoms. The van der Waals surface area contributed by atoms with Crippen LogP contribution in [0.25, 0.3) is 0 Å². The van der Waals surface area contributed by atoms with E-state index in [1.54, 1.807) is 0 Å². The van der Waals surface area contributed by atoms with Crippen molar-refractivity contribution in [3.8, 4) is 0 Å². The largest absolute Gasteiger partial charge is 0.480 e. The van der Waals surface area contributed by atoms with Gasteiger partial charge in [0.05, 0.1) is 0 Å². The van der Waals surface area contributed by atoms with Gasteiger partial charge in [0.15, 0.2) is 0 Å². The molecule has 0 amide bonds. The minimum atomic E-state index is -0.826. The van der Waals surface area contributed by atoms with Crippen LogP contribution >= 0.6 is 0 Å². The Morgan fingerprint density at radius 2 is 2.17 bits per heavy atom. The lowest BCUT2D eigenvalue weighted by atomic mass is 10.2. The van der Waals surface area contributed by atoms with Crippen molar-refractivity contribution in [2.24, 2.45) is 5.73 Å². The lowest BCUT2D eigenvalue weighted by Gasteiger charge is -2.25. The van der Waals surface area contributed by atoms with Gasteiger partial charge in [-0.25, -0.2) is 0 Å². The van der Waals surface area contributed by atoms with Gasteiger partial charge in [-0.15, -0.1) is 0 Å². The van der Waals surface area contributed by atoms with E-state index in [2.05, 4.69) is 0 Å². The third kappa shape index (κ3) is 3.19. The highest BCUT2D eigenvalue weighted by Gasteiger charge is 2.21. The molecule has 0 saturated carbocycles. The Balaban J connectivity index is 4.12. The minimum Gasteiger partial charge on any atom is -0.480 e. The van der Waals surface area contributed by atoms with Crippen LogP contribution in [0.1, 0.15) is 20.3 Å². The SMILES string of the molecule is CCCN(CC)C(CN)C(=O)O. The summed E-state index contributed by atoms with van der Waals surface area (Å²) in [7, 11) is 0. The van der Waals surface area contributed by atoms with Crippen LogP contribution in [-0.2, 0) is 4.79 Å². The fourth-order valence-corrected chi connectivity index (χ4v) is 1.23. The number of hydrogen-bond donors (Lipinski definition) is 2. The minimum absolute atomic E-state index is 0.184. The molecule has 0 aliphatic rings. The predicted molar refractivity (Wildman–Crippen MR) is 48.0 cm³/mol. The van der Waals surface area contributed by atoms with Gasteiger partial charge in [-0.1, -0.05) is 13.8 Å². The van der Waals surface area contributed by atoms with Gasteiger partial charge >= 0.3 is 5.97 Å². The molecular formula is C8H18N2O2. The van der Waals surface area contributed by atoms with Crippen LogP contribution in [0.2, 0.25) is 0 Å².